The minimum absolute atomic E-state index is 0.0217. The first-order valence-corrected chi connectivity index (χ1v) is 15.3. The van der Waals surface area contributed by atoms with E-state index in [1.54, 1.807) is 0 Å². The van der Waals surface area contributed by atoms with E-state index in [4.69, 9.17) is 14.2 Å². The van der Waals surface area contributed by atoms with E-state index < -0.39 is 0 Å². The second-order valence-electron chi connectivity index (χ2n) is 13.9. The number of benzene rings is 4. The average Bonchev–Trinajstić information content (AvgIpc) is 2.92. The van der Waals surface area contributed by atoms with Crippen LogP contribution < -0.4 is 14.2 Å². The Morgan fingerprint density at radius 1 is 0.571 bits per heavy atom. The number of hydrogen-bond acceptors (Lipinski definition) is 3. The van der Waals surface area contributed by atoms with Crippen molar-refractivity contribution >= 4 is 0 Å². The van der Waals surface area contributed by atoms with Crippen molar-refractivity contribution in [2.45, 2.75) is 85.5 Å². The van der Waals surface area contributed by atoms with Crippen LogP contribution in [0.1, 0.15) is 91.5 Å². The summed E-state index contributed by atoms with van der Waals surface area (Å²) in [6, 6.07) is 26.2. The van der Waals surface area contributed by atoms with E-state index in [2.05, 4.69) is 128 Å². The minimum atomic E-state index is -0.286. The molecular weight excluding hydrogens is 516 g/mol. The zero-order valence-electron chi connectivity index (χ0n) is 27.1. The summed E-state index contributed by atoms with van der Waals surface area (Å²) in [4.78, 5) is 0. The van der Waals surface area contributed by atoms with Crippen molar-refractivity contribution in [2.24, 2.45) is 0 Å². The summed E-state index contributed by atoms with van der Waals surface area (Å²) < 4.78 is 18.6. The van der Waals surface area contributed by atoms with Crippen LogP contribution in [0.3, 0.4) is 0 Å². The van der Waals surface area contributed by atoms with Crippen molar-refractivity contribution in [1.29, 1.82) is 0 Å². The SMILES string of the molecule is CCOc1ccc(-c2cc(C(C)(C)C)cc3c2Oc2c(-c4ccc(OCC)cc4)cc(C(C)(C)C)cc2C3(C)C)cc1. The topological polar surface area (TPSA) is 27.7 Å². The molecule has 0 saturated carbocycles. The van der Waals surface area contributed by atoms with Gasteiger partial charge in [-0.05, 0) is 83.3 Å². The van der Waals surface area contributed by atoms with Crippen molar-refractivity contribution in [2.75, 3.05) is 13.2 Å². The fourth-order valence-electron chi connectivity index (χ4n) is 5.74. The Morgan fingerprint density at radius 2 is 0.929 bits per heavy atom. The number of ether oxygens (including phenoxy) is 3. The van der Waals surface area contributed by atoms with Crippen LogP contribution in [-0.4, -0.2) is 13.2 Å². The van der Waals surface area contributed by atoms with Gasteiger partial charge in [-0.2, -0.15) is 0 Å². The van der Waals surface area contributed by atoms with Crippen molar-refractivity contribution in [3.63, 3.8) is 0 Å². The summed E-state index contributed by atoms with van der Waals surface area (Å²) >= 11 is 0. The second-order valence-corrected chi connectivity index (χ2v) is 13.9. The summed E-state index contributed by atoms with van der Waals surface area (Å²) in [6.07, 6.45) is 0. The first-order chi connectivity index (χ1) is 19.7. The molecule has 5 rings (SSSR count). The van der Waals surface area contributed by atoms with Crippen LogP contribution in [0, 0.1) is 0 Å². The van der Waals surface area contributed by atoms with Crippen LogP contribution in [0.5, 0.6) is 23.0 Å². The molecule has 0 unspecified atom stereocenters. The first-order valence-electron chi connectivity index (χ1n) is 15.3. The Hall–Kier alpha value is -3.72. The van der Waals surface area contributed by atoms with E-state index >= 15 is 0 Å². The van der Waals surface area contributed by atoms with Gasteiger partial charge in [-0.3, -0.25) is 0 Å². The molecule has 0 amide bonds. The maximum atomic E-state index is 7.11. The number of fused-ring (bicyclic) bond motifs is 2. The third kappa shape index (κ3) is 5.54. The molecule has 42 heavy (non-hydrogen) atoms. The first kappa shape index (κ1) is 29.8. The summed E-state index contributed by atoms with van der Waals surface area (Å²) in [7, 11) is 0. The largest absolute Gasteiger partial charge is 0.494 e. The van der Waals surface area contributed by atoms with E-state index in [-0.39, 0.29) is 16.2 Å². The Labute approximate surface area is 252 Å². The van der Waals surface area contributed by atoms with Crippen LogP contribution in [-0.2, 0) is 16.2 Å². The molecular formula is C39H46O3. The van der Waals surface area contributed by atoms with Gasteiger partial charge in [0.15, 0.2) is 0 Å². The molecule has 4 aromatic rings. The van der Waals surface area contributed by atoms with Gasteiger partial charge in [0.1, 0.15) is 23.0 Å². The molecule has 220 valence electrons. The van der Waals surface area contributed by atoms with E-state index in [0.717, 1.165) is 45.3 Å². The normalized spacial score (nSPS) is 14.0. The highest BCUT2D eigenvalue weighted by atomic mass is 16.5. The number of rotatable bonds is 6. The van der Waals surface area contributed by atoms with Crippen molar-refractivity contribution in [1.82, 2.24) is 0 Å². The highest BCUT2D eigenvalue weighted by molar-refractivity contribution is 5.82. The summed E-state index contributed by atoms with van der Waals surface area (Å²) in [6.45, 7) is 23.7. The molecule has 0 atom stereocenters. The lowest BCUT2D eigenvalue weighted by Gasteiger charge is -2.39. The zero-order chi connectivity index (χ0) is 30.4. The predicted molar refractivity (Wildman–Crippen MR) is 176 cm³/mol. The van der Waals surface area contributed by atoms with Gasteiger partial charge in [0.2, 0.25) is 0 Å². The molecule has 0 saturated heterocycles. The van der Waals surface area contributed by atoms with Crippen LogP contribution in [0.25, 0.3) is 22.3 Å². The lowest BCUT2D eigenvalue weighted by Crippen LogP contribution is -2.27. The van der Waals surface area contributed by atoms with Crippen molar-refractivity contribution in [3.8, 4) is 45.3 Å². The predicted octanol–water partition coefficient (Wildman–Crippen LogP) is 10.8. The van der Waals surface area contributed by atoms with Crippen LogP contribution in [0.4, 0.5) is 0 Å². The Bertz CT molecular complexity index is 1460. The van der Waals surface area contributed by atoms with Crippen molar-refractivity contribution in [3.05, 3.63) is 95.1 Å². The molecule has 0 radical (unpaired) electrons. The maximum Gasteiger partial charge on any atom is 0.139 e. The van der Waals surface area contributed by atoms with Gasteiger partial charge >= 0.3 is 0 Å². The molecule has 1 aliphatic rings. The molecule has 0 spiro atoms. The van der Waals surface area contributed by atoms with Gasteiger partial charge in [0, 0.05) is 27.7 Å². The van der Waals surface area contributed by atoms with Crippen molar-refractivity contribution < 1.29 is 14.2 Å². The maximum absolute atomic E-state index is 7.11. The molecule has 4 aromatic carbocycles. The smallest absolute Gasteiger partial charge is 0.139 e. The molecule has 0 fully saturated rings. The van der Waals surface area contributed by atoms with Gasteiger partial charge in [0.05, 0.1) is 13.2 Å². The zero-order valence-corrected chi connectivity index (χ0v) is 27.1. The Morgan fingerprint density at radius 3 is 1.24 bits per heavy atom. The van der Waals surface area contributed by atoms with E-state index in [9.17, 15) is 0 Å². The van der Waals surface area contributed by atoms with Gasteiger partial charge < -0.3 is 14.2 Å². The Balaban J connectivity index is 1.77. The van der Waals surface area contributed by atoms with Crippen LogP contribution in [0.15, 0.2) is 72.8 Å². The molecule has 0 N–H and O–H groups in total. The summed E-state index contributed by atoms with van der Waals surface area (Å²) in [5, 5.41) is 0. The molecule has 1 aliphatic heterocycles. The monoisotopic (exact) mass is 562 g/mol. The fourth-order valence-corrected chi connectivity index (χ4v) is 5.74. The van der Waals surface area contributed by atoms with Crippen LogP contribution >= 0.6 is 0 Å². The Kier molecular flexibility index (Phi) is 7.68. The summed E-state index contributed by atoms with van der Waals surface area (Å²) in [5.74, 6) is 3.61. The molecule has 3 nitrogen and oxygen atoms in total. The van der Waals surface area contributed by atoms with Gasteiger partial charge in [-0.15, -0.1) is 0 Å². The van der Waals surface area contributed by atoms with E-state index in [0.29, 0.717) is 13.2 Å². The minimum Gasteiger partial charge on any atom is -0.494 e. The second kappa shape index (κ2) is 10.8. The molecule has 0 aromatic heterocycles. The molecule has 0 bridgehead atoms. The summed E-state index contributed by atoms with van der Waals surface area (Å²) in [5.41, 5.74) is 9.15. The van der Waals surface area contributed by atoms with E-state index in [1.807, 2.05) is 13.8 Å². The molecule has 1 heterocycles. The van der Waals surface area contributed by atoms with Crippen LogP contribution in [0.2, 0.25) is 0 Å². The third-order valence-corrected chi connectivity index (χ3v) is 8.41. The molecule has 3 heteroatoms. The lowest BCUT2D eigenvalue weighted by molar-refractivity contribution is 0.340. The lowest BCUT2D eigenvalue weighted by atomic mass is 9.70. The average molecular weight is 563 g/mol. The fraction of sp³-hybridized carbons (Fsp3) is 0.385. The third-order valence-electron chi connectivity index (χ3n) is 8.41. The van der Waals surface area contributed by atoms with Gasteiger partial charge in [0.25, 0.3) is 0 Å². The standard InChI is InChI=1S/C39H46O3/c1-11-40-29-17-13-25(14-18-29)31-21-27(37(3,4)5)23-33-35(31)42-36-32(26-15-19-30(20-16-26)41-12-2)22-28(38(6,7)8)24-34(36)39(33,9)10/h13-24H,11-12H2,1-10H3. The highest BCUT2D eigenvalue weighted by Gasteiger charge is 2.39. The van der Waals surface area contributed by atoms with Gasteiger partial charge in [-0.25, -0.2) is 0 Å². The van der Waals surface area contributed by atoms with E-state index in [1.165, 1.54) is 22.3 Å². The number of hydrogen-bond donors (Lipinski definition) is 0. The highest BCUT2D eigenvalue weighted by Crippen LogP contribution is 2.56. The van der Waals surface area contributed by atoms with Gasteiger partial charge in [-0.1, -0.05) is 91.8 Å². The molecule has 0 aliphatic carbocycles. The quantitative estimate of drug-likeness (QED) is 0.234.